The van der Waals surface area contributed by atoms with Gasteiger partial charge >= 0.3 is 5.97 Å². The summed E-state index contributed by atoms with van der Waals surface area (Å²) in [6.07, 6.45) is 8.73. The molecule has 0 amide bonds. The van der Waals surface area contributed by atoms with Crippen LogP contribution in [0.1, 0.15) is 60.3 Å². The first-order valence-electron chi connectivity index (χ1n) is 9.38. The summed E-state index contributed by atoms with van der Waals surface area (Å²) < 4.78 is 11.0. The molecular formula is C22H34O3. The van der Waals surface area contributed by atoms with Gasteiger partial charge in [-0.1, -0.05) is 31.2 Å². The van der Waals surface area contributed by atoms with E-state index in [2.05, 4.69) is 53.0 Å². The molecule has 25 heavy (non-hydrogen) atoms. The number of epoxide rings is 1. The second-order valence-corrected chi connectivity index (χ2v) is 8.59. The van der Waals surface area contributed by atoms with E-state index in [0.29, 0.717) is 18.4 Å². The van der Waals surface area contributed by atoms with Crippen LogP contribution in [-0.2, 0) is 14.3 Å². The quantitative estimate of drug-likeness (QED) is 0.360. The highest BCUT2D eigenvalue weighted by Crippen LogP contribution is 2.49. The lowest BCUT2D eigenvalue weighted by Crippen LogP contribution is -2.34. The molecule has 2 fully saturated rings. The molecule has 2 unspecified atom stereocenters. The Kier molecular flexibility index (Phi) is 5.98. The van der Waals surface area contributed by atoms with E-state index in [-0.39, 0.29) is 23.1 Å². The maximum absolute atomic E-state index is 11.3. The van der Waals surface area contributed by atoms with Crippen molar-refractivity contribution in [1.82, 2.24) is 0 Å². The monoisotopic (exact) mass is 346 g/mol. The van der Waals surface area contributed by atoms with Gasteiger partial charge < -0.3 is 9.47 Å². The summed E-state index contributed by atoms with van der Waals surface area (Å²) in [7, 11) is 0. The SMILES string of the molecule is C=C[C@@]1(C)CCC(/C(=C/C[C@H]2OC2(C)C)COC(C)=O)CC1C(=C)C. The minimum atomic E-state index is -0.225. The zero-order chi connectivity index (χ0) is 18.8. The van der Waals surface area contributed by atoms with E-state index < -0.39 is 0 Å². The molecule has 1 saturated heterocycles. The van der Waals surface area contributed by atoms with E-state index in [9.17, 15) is 4.79 Å². The molecule has 0 aromatic rings. The molecule has 2 rings (SSSR count). The Labute approximate surface area is 153 Å². The molecule has 0 aromatic heterocycles. The van der Waals surface area contributed by atoms with Crippen LogP contribution in [0.4, 0.5) is 0 Å². The summed E-state index contributed by atoms with van der Waals surface area (Å²) in [6, 6.07) is 0. The zero-order valence-electron chi connectivity index (χ0n) is 16.6. The predicted octanol–water partition coefficient (Wildman–Crippen LogP) is 5.23. The van der Waals surface area contributed by atoms with Crippen LogP contribution in [0.2, 0.25) is 0 Å². The van der Waals surface area contributed by atoms with Crippen molar-refractivity contribution in [3.63, 3.8) is 0 Å². The Morgan fingerprint density at radius 1 is 1.32 bits per heavy atom. The molecule has 3 heteroatoms. The Bertz CT molecular complexity index is 572. The number of carbonyl (C=O) groups excluding carboxylic acids is 1. The van der Waals surface area contributed by atoms with E-state index in [1.165, 1.54) is 18.1 Å². The van der Waals surface area contributed by atoms with E-state index >= 15 is 0 Å². The fourth-order valence-corrected chi connectivity index (χ4v) is 4.13. The van der Waals surface area contributed by atoms with Gasteiger partial charge in [-0.15, -0.1) is 6.58 Å². The minimum Gasteiger partial charge on any atom is -0.461 e. The number of hydrogen-bond donors (Lipinski definition) is 0. The van der Waals surface area contributed by atoms with E-state index in [4.69, 9.17) is 9.47 Å². The highest BCUT2D eigenvalue weighted by Gasteiger charge is 2.47. The first-order valence-corrected chi connectivity index (χ1v) is 9.38. The summed E-state index contributed by atoms with van der Waals surface area (Å²) in [5, 5.41) is 0. The number of hydrogen-bond acceptors (Lipinski definition) is 3. The van der Waals surface area contributed by atoms with Crippen molar-refractivity contribution in [2.75, 3.05) is 6.61 Å². The van der Waals surface area contributed by atoms with Gasteiger partial charge in [-0.3, -0.25) is 4.79 Å². The smallest absolute Gasteiger partial charge is 0.302 e. The Morgan fingerprint density at radius 2 is 1.96 bits per heavy atom. The standard InChI is InChI=1S/C22H34O3/c1-8-22(7)12-11-17(13-19(22)15(2)3)18(14-24-16(4)23)9-10-20-21(5,6)25-20/h8-9,17,19-20H,1-2,10-14H2,3-7H3/b18-9+/t17?,19?,20-,22+/m1/s1. The fourth-order valence-electron chi connectivity index (χ4n) is 4.13. The van der Waals surface area contributed by atoms with Crippen LogP contribution in [-0.4, -0.2) is 24.3 Å². The topological polar surface area (TPSA) is 38.8 Å². The van der Waals surface area contributed by atoms with Gasteiger partial charge in [-0.2, -0.15) is 0 Å². The summed E-state index contributed by atoms with van der Waals surface area (Å²) >= 11 is 0. The molecule has 140 valence electrons. The number of allylic oxidation sites excluding steroid dienone is 2. The van der Waals surface area contributed by atoms with Crippen molar-refractivity contribution in [3.8, 4) is 0 Å². The van der Waals surface area contributed by atoms with E-state index in [1.807, 2.05) is 0 Å². The van der Waals surface area contributed by atoms with Crippen molar-refractivity contribution >= 4 is 5.97 Å². The minimum absolute atomic E-state index is 0.0166. The molecule has 0 aromatic carbocycles. The Morgan fingerprint density at radius 3 is 2.44 bits per heavy atom. The molecular weight excluding hydrogens is 312 g/mol. The highest BCUT2D eigenvalue weighted by atomic mass is 16.6. The van der Waals surface area contributed by atoms with E-state index in [1.54, 1.807) is 0 Å². The van der Waals surface area contributed by atoms with Crippen molar-refractivity contribution in [1.29, 1.82) is 0 Å². The van der Waals surface area contributed by atoms with Crippen LogP contribution in [0.25, 0.3) is 0 Å². The van der Waals surface area contributed by atoms with E-state index in [0.717, 1.165) is 25.7 Å². The predicted molar refractivity (Wildman–Crippen MR) is 102 cm³/mol. The van der Waals surface area contributed by atoms with Gasteiger partial charge in [0.05, 0.1) is 11.7 Å². The first-order chi connectivity index (χ1) is 11.6. The molecule has 1 heterocycles. The lowest BCUT2D eigenvalue weighted by atomic mass is 9.61. The second kappa shape index (κ2) is 7.49. The zero-order valence-corrected chi connectivity index (χ0v) is 16.6. The summed E-state index contributed by atoms with van der Waals surface area (Å²) in [4.78, 5) is 11.3. The average molecular weight is 347 g/mol. The van der Waals surface area contributed by atoms with Gasteiger partial charge in [0.15, 0.2) is 0 Å². The van der Waals surface area contributed by atoms with Crippen LogP contribution in [0.3, 0.4) is 0 Å². The van der Waals surface area contributed by atoms with Crippen LogP contribution in [0.5, 0.6) is 0 Å². The molecule has 1 saturated carbocycles. The Hall–Kier alpha value is -1.35. The molecule has 0 bridgehead atoms. The normalized spacial score (nSPS) is 34.3. The van der Waals surface area contributed by atoms with Crippen LogP contribution in [0, 0.1) is 17.3 Å². The molecule has 0 N–H and O–H groups in total. The van der Waals surface area contributed by atoms with Crippen molar-refractivity contribution < 1.29 is 14.3 Å². The molecule has 1 aliphatic carbocycles. The largest absolute Gasteiger partial charge is 0.461 e. The number of ether oxygens (including phenoxy) is 2. The van der Waals surface area contributed by atoms with Crippen molar-refractivity contribution in [2.45, 2.75) is 72.0 Å². The summed E-state index contributed by atoms with van der Waals surface area (Å²) in [5.74, 6) is 0.617. The van der Waals surface area contributed by atoms with Gasteiger partial charge in [0.1, 0.15) is 6.61 Å². The van der Waals surface area contributed by atoms with Gasteiger partial charge in [0, 0.05) is 6.92 Å². The first kappa shape index (κ1) is 20.0. The molecule has 4 atom stereocenters. The van der Waals surface area contributed by atoms with Crippen LogP contribution >= 0.6 is 0 Å². The molecule has 0 radical (unpaired) electrons. The lowest BCUT2D eigenvalue weighted by Gasteiger charge is -2.44. The number of rotatable bonds is 7. The Balaban J connectivity index is 2.13. The number of carbonyl (C=O) groups is 1. The van der Waals surface area contributed by atoms with Crippen LogP contribution < -0.4 is 0 Å². The van der Waals surface area contributed by atoms with Crippen LogP contribution in [0.15, 0.2) is 36.5 Å². The third kappa shape index (κ3) is 4.84. The molecule has 1 aliphatic heterocycles. The van der Waals surface area contributed by atoms with Gasteiger partial charge in [-0.05, 0) is 69.3 Å². The molecule has 3 nitrogen and oxygen atoms in total. The number of esters is 1. The molecule has 2 aliphatic rings. The summed E-state index contributed by atoms with van der Waals surface area (Å²) in [6.45, 7) is 18.8. The fraction of sp³-hybridized carbons (Fsp3) is 0.682. The third-order valence-electron chi connectivity index (χ3n) is 6.13. The third-order valence-corrected chi connectivity index (χ3v) is 6.13. The van der Waals surface area contributed by atoms with Gasteiger partial charge in [0.25, 0.3) is 0 Å². The summed E-state index contributed by atoms with van der Waals surface area (Å²) in [5.41, 5.74) is 2.54. The second-order valence-electron chi connectivity index (χ2n) is 8.59. The van der Waals surface area contributed by atoms with Gasteiger partial charge in [-0.25, -0.2) is 0 Å². The highest BCUT2D eigenvalue weighted by molar-refractivity contribution is 5.66. The molecule has 0 spiro atoms. The van der Waals surface area contributed by atoms with Crippen molar-refractivity contribution in [2.24, 2.45) is 17.3 Å². The van der Waals surface area contributed by atoms with Gasteiger partial charge in [0.2, 0.25) is 0 Å². The average Bonchev–Trinajstić information content (AvgIpc) is 3.14. The maximum atomic E-state index is 11.3. The van der Waals surface area contributed by atoms with Crippen molar-refractivity contribution in [3.05, 3.63) is 36.5 Å². The lowest BCUT2D eigenvalue weighted by molar-refractivity contribution is -0.140. The maximum Gasteiger partial charge on any atom is 0.302 e.